The SMILES string of the molecule is O=C(O)CCc1cc(OC(F)(F)F)cc(C(F)F)c1. The number of hydrogen-bond donors (Lipinski definition) is 1. The standard InChI is InChI=1S/C11H9F5O3/c12-10(13)7-3-6(1-2-9(17)18)4-8(5-7)19-11(14,15)16/h3-5,10H,1-2H2,(H,17,18). The van der Waals surface area contributed by atoms with Crippen molar-refractivity contribution in [3.8, 4) is 5.75 Å². The summed E-state index contributed by atoms with van der Waals surface area (Å²) in [4.78, 5) is 10.3. The van der Waals surface area contributed by atoms with Crippen LogP contribution >= 0.6 is 0 Å². The molecule has 0 saturated carbocycles. The van der Waals surface area contributed by atoms with Gasteiger partial charge in [0.25, 0.3) is 6.43 Å². The van der Waals surface area contributed by atoms with Crippen molar-refractivity contribution in [1.82, 2.24) is 0 Å². The van der Waals surface area contributed by atoms with Crippen molar-refractivity contribution < 1.29 is 36.6 Å². The van der Waals surface area contributed by atoms with E-state index in [4.69, 9.17) is 5.11 Å². The quantitative estimate of drug-likeness (QED) is 0.841. The van der Waals surface area contributed by atoms with E-state index in [9.17, 15) is 26.7 Å². The van der Waals surface area contributed by atoms with E-state index >= 15 is 0 Å². The van der Waals surface area contributed by atoms with Crippen molar-refractivity contribution in [2.75, 3.05) is 0 Å². The Morgan fingerprint density at radius 2 is 1.89 bits per heavy atom. The lowest BCUT2D eigenvalue weighted by Crippen LogP contribution is -2.17. The maximum atomic E-state index is 12.5. The molecule has 1 aromatic rings. The summed E-state index contributed by atoms with van der Waals surface area (Å²) in [6, 6.07) is 2.42. The van der Waals surface area contributed by atoms with Crippen molar-refractivity contribution in [1.29, 1.82) is 0 Å². The summed E-state index contributed by atoms with van der Waals surface area (Å²) >= 11 is 0. The summed E-state index contributed by atoms with van der Waals surface area (Å²) in [5.74, 6) is -1.97. The minimum absolute atomic E-state index is 0.0412. The fourth-order valence-electron chi connectivity index (χ4n) is 1.40. The number of ether oxygens (including phenoxy) is 1. The summed E-state index contributed by atoms with van der Waals surface area (Å²) in [5, 5.41) is 8.45. The fraction of sp³-hybridized carbons (Fsp3) is 0.364. The highest BCUT2D eigenvalue weighted by atomic mass is 19.4. The molecule has 0 aliphatic rings. The van der Waals surface area contributed by atoms with E-state index in [2.05, 4.69) is 4.74 Å². The zero-order valence-corrected chi connectivity index (χ0v) is 9.38. The molecule has 1 rings (SSSR count). The highest BCUT2D eigenvalue weighted by molar-refractivity contribution is 5.67. The average molecular weight is 284 g/mol. The van der Waals surface area contributed by atoms with Crippen LogP contribution in [0.5, 0.6) is 5.75 Å². The van der Waals surface area contributed by atoms with Gasteiger partial charge in [-0.15, -0.1) is 13.2 Å². The molecule has 0 saturated heterocycles. The number of alkyl halides is 5. The molecular formula is C11H9F5O3. The summed E-state index contributed by atoms with van der Waals surface area (Å²) in [5.41, 5.74) is -0.610. The van der Waals surface area contributed by atoms with Crippen LogP contribution in [0.15, 0.2) is 18.2 Å². The Labute approximate surface area is 104 Å². The Balaban J connectivity index is 3.00. The largest absolute Gasteiger partial charge is 0.573 e. The number of carboxylic acids is 1. The third-order valence-corrected chi connectivity index (χ3v) is 2.10. The lowest BCUT2D eigenvalue weighted by atomic mass is 10.1. The molecule has 0 bridgehead atoms. The number of benzene rings is 1. The predicted octanol–water partition coefficient (Wildman–Crippen LogP) is 3.54. The first kappa shape index (κ1) is 15.2. The molecule has 0 fully saturated rings. The summed E-state index contributed by atoms with van der Waals surface area (Å²) in [6.07, 6.45) is -8.51. The number of aliphatic carboxylic acids is 1. The Hall–Kier alpha value is -1.86. The molecule has 0 unspecified atom stereocenters. The topological polar surface area (TPSA) is 46.5 Å². The number of hydrogen-bond acceptors (Lipinski definition) is 2. The second-order valence-corrected chi connectivity index (χ2v) is 3.65. The molecule has 8 heteroatoms. The Morgan fingerprint density at radius 1 is 1.26 bits per heavy atom. The van der Waals surface area contributed by atoms with E-state index in [1.54, 1.807) is 0 Å². The highest BCUT2D eigenvalue weighted by Crippen LogP contribution is 2.29. The molecule has 3 nitrogen and oxygen atoms in total. The van der Waals surface area contributed by atoms with Crippen LogP contribution in [0.1, 0.15) is 24.0 Å². The van der Waals surface area contributed by atoms with Crippen LogP contribution in [-0.2, 0) is 11.2 Å². The number of halogens is 5. The third-order valence-electron chi connectivity index (χ3n) is 2.10. The van der Waals surface area contributed by atoms with Gasteiger partial charge >= 0.3 is 12.3 Å². The highest BCUT2D eigenvalue weighted by Gasteiger charge is 2.31. The van der Waals surface area contributed by atoms with Crippen molar-refractivity contribution in [2.45, 2.75) is 25.6 Å². The molecule has 106 valence electrons. The molecule has 0 heterocycles. The maximum absolute atomic E-state index is 12.5. The van der Waals surface area contributed by atoms with Gasteiger partial charge in [-0.1, -0.05) is 0 Å². The summed E-state index contributed by atoms with van der Waals surface area (Å²) < 4.78 is 64.6. The fourth-order valence-corrected chi connectivity index (χ4v) is 1.40. The monoisotopic (exact) mass is 284 g/mol. The second-order valence-electron chi connectivity index (χ2n) is 3.65. The first-order chi connectivity index (χ1) is 8.67. The van der Waals surface area contributed by atoms with Gasteiger partial charge in [0.05, 0.1) is 0 Å². The van der Waals surface area contributed by atoms with Crippen molar-refractivity contribution >= 4 is 5.97 Å². The third kappa shape index (κ3) is 5.54. The van der Waals surface area contributed by atoms with E-state index in [0.717, 1.165) is 12.1 Å². The zero-order chi connectivity index (χ0) is 14.6. The van der Waals surface area contributed by atoms with Gasteiger partial charge in [0.1, 0.15) is 5.75 Å². The van der Waals surface area contributed by atoms with Crippen LogP contribution < -0.4 is 4.74 Å². The molecule has 0 atom stereocenters. The summed E-state index contributed by atoms with van der Waals surface area (Å²) in [6.45, 7) is 0. The number of aryl methyl sites for hydroxylation is 1. The predicted molar refractivity (Wildman–Crippen MR) is 54.0 cm³/mol. The lowest BCUT2D eigenvalue weighted by Gasteiger charge is -2.12. The van der Waals surface area contributed by atoms with Crippen molar-refractivity contribution in [3.05, 3.63) is 29.3 Å². The molecule has 19 heavy (non-hydrogen) atoms. The molecule has 0 aliphatic heterocycles. The van der Waals surface area contributed by atoms with E-state index in [1.165, 1.54) is 0 Å². The maximum Gasteiger partial charge on any atom is 0.573 e. The number of carbonyl (C=O) groups is 1. The van der Waals surface area contributed by atoms with Crippen LogP contribution in [0.4, 0.5) is 22.0 Å². The molecule has 0 aliphatic carbocycles. The molecule has 0 radical (unpaired) electrons. The number of carboxylic acid groups (broad SMARTS) is 1. The molecular weight excluding hydrogens is 275 g/mol. The molecule has 0 amide bonds. The second kappa shape index (κ2) is 5.85. The van der Waals surface area contributed by atoms with E-state index in [-0.39, 0.29) is 18.4 Å². The van der Waals surface area contributed by atoms with Crippen LogP contribution in [-0.4, -0.2) is 17.4 Å². The smallest absolute Gasteiger partial charge is 0.481 e. The van der Waals surface area contributed by atoms with Gasteiger partial charge in [0, 0.05) is 12.0 Å². The van der Waals surface area contributed by atoms with Gasteiger partial charge in [0.15, 0.2) is 0 Å². The Bertz CT molecular complexity index is 456. The Kier molecular flexibility index (Phi) is 4.68. The van der Waals surface area contributed by atoms with Gasteiger partial charge in [-0.3, -0.25) is 4.79 Å². The van der Waals surface area contributed by atoms with Crippen LogP contribution in [0, 0.1) is 0 Å². The summed E-state index contributed by atoms with van der Waals surface area (Å²) in [7, 11) is 0. The minimum Gasteiger partial charge on any atom is -0.481 e. The van der Waals surface area contributed by atoms with Crippen molar-refractivity contribution in [2.24, 2.45) is 0 Å². The van der Waals surface area contributed by atoms with Gasteiger partial charge in [-0.05, 0) is 30.2 Å². The lowest BCUT2D eigenvalue weighted by molar-refractivity contribution is -0.274. The van der Waals surface area contributed by atoms with E-state index in [0.29, 0.717) is 6.07 Å². The first-order valence-corrected chi connectivity index (χ1v) is 5.07. The van der Waals surface area contributed by atoms with Gasteiger partial charge < -0.3 is 9.84 Å². The average Bonchev–Trinajstić information content (AvgIpc) is 2.23. The minimum atomic E-state index is -5.00. The van der Waals surface area contributed by atoms with Crippen LogP contribution in [0.2, 0.25) is 0 Å². The Morgan fingerprint density at radius 3 is 2.37 bits per heavy atom. The number of rotatable bonds is 5. The normalized spacial score (nSPS) is 11.7. The van der Waals surface area contributed by atoms with Crippen molar-refractivity contribution in [3.63, 3.8) is 0 Å². The molecule has 1 N–H and O–H groups in total. The van der Waals surface area contributed by atoms with Gasteiger partial charge in [-0.2, -0.15) is 0 Å². The van der Waals surface area contributed by atoms with Gasteiger partial charge in [-0.25, -0.2) is 8.78 Å². The van der Waals surface area contributed by atoms with Crippen LogP contribution in [0.3, 0.4) is 0 Å². The van der Waals surface area contributed by atoms with Gasteiger partial charge in [0.2, 0.25) is 0 Å². The van der Waals surface area contributed by atoms with Crippen LogP contribution in [0.25, 0.3) is 0 Å². The zero-order valence-electron chi connectivity index (χ0n) is 9.38. The van der Waals surface area contributed by atoms with E-state index < -0.39 is 30.1 Å². The van der Waals surface area contributed by atoms with E-state index in [1.807, 2.05) is 0 Å². The first-order valence-electron chi connectivity index (χ1n) is 5.07. The molecule has 0 spiro atoms. The molecule has 1 aromatic carbocycles. The molecule has 0 aromatic heterocycles.